The molecule has 6 nitrogen and oxygen atoms in total. The fraction of sp³-hybridized carbons (Fsp3) is 0.462. The minimum absolute atomic E-state index is 0.0715. The summed E-state index contributed by atoms with van der Waals surface area (Å²) < 4.78 is 7.62. The number of anilines is 1. The molecule has 168 valence electrons. The molecule has 2 aromatic carbocycles. The number of carbonyl (C=O) groups excluding carboxylic acids is 1. The van der Waals surface area contributed by atoms with Crippen LogP contribution in [0.1, 0.15) is 25.7 Å². The second-order valence-electron chi connectivity index (χ2n) is 9.08. The number of piperidine rings is 2. The molecule has 6 heteroatoms. The Kier molecular flexibility index (Phi) is 5.87. The van der Waals surface area contributed by atoms with Crippen LogP contribution in [0.25, 0.3) is 22.4 Å². The SMILES string of the molecule is COC1CCN(C(=O)[C@@H]2CCCN(c3cccc(-c4nc5ccccc5n4C)c3)C2)CC1. The number of para-hydroxylation sites is 2. The average Bonchev–Trinajstić information content (AvgIpc) is 3.20. The fourth-order valence-corrected chi connectivity index (χ4v) is 5.23. The lowest BCUT2D eigenvalue weighted by atomic mass is 9.94. The number of aromatic nitrogens is 2. The highest BCUT2D eigenvalue weighted by Crippen LogP contribution is 2.30. The number of benzene rings is 2. The molecule has 0 saturated carbocycles. The van der Waals surface area contributed by atoms with Gasteiger partial charge in [-0.15, -0.1) is 0 Å². The van der Waals surface area contributed by atoms with Crippen LogP contribution in [0.5, 0.6) is 0 Å². The first-order chi connectivity index (χ1) is 15.6. The van der Waals surface area contributed by atoms with Crippen molar-refractivity contribution in [2.24, 2.45) is 13.0 Å². The fourth-order valence-electron chi connectivity index (χ4n) is 5.23. The number of carbonyl (C=O) groups is 1. The molecule has 0 N–H and O–H groups in total. The van der Waals surface area contributed by atoms with E-state index in [0.29, 0.717) is 12.0 Å². The summed E-state index contributed by atoms with van der Waals surface area (Å²) >= 11 is 0. The smallest absolute Gasteiger partial charge is 0.227 e. The highest BCUT2D eigenvalue weighted by Gasteiger charge is 2.31. The Bertz CT molecular complexity index is 1100. The Morgan fingerprint density at radius 3 is 2.62 bits per heavy atom. The number of hydrogen-bond acceptors (Lipinski definition) is 4. The molecule has 2 saturated heterocycles. The van der Waals surface area contributed by atoms with Crippen LogP contribution in [0.2, 0.25) is 0 Å². The van der Waals surface area contributed by atoms with Gasteiger partial charge in [-0.1, -0.05) is 24.3 Å². The van der Waals surface area contributed by atoms with E-state index >= 15 is 0 Å². The van der Waals surface area contributed by atoms with Crippen LogP contribution >= 0.6 is 0 Å². The number of imidazole rings is 1. The zero-order valence-corrected chi connectivity index (χ0v) is 19.0. The topological polar surface area (TPSA) is 50.6 Å². The van der Waals surface area contributed by atoms with Gasteiger partial charge in [-0.3, -0.25) is 4.79 Å². The summed E-state index contributed by atoms with van der Waals surface area (Å²) in [6.45, 7) is 3.41. The van der Waals surface area contributed by atoms with Gasteiger partial charge in [-0.2, -0.15) is 0 Å². The van der Waals surface area contributed by atoms with Crippen molar-refractivity contribution < 1.29 is 9.53 Å². The van der Waals surface area contributed by atoms with Crippen LogP contribution in [-0.2, 0) is 16.6 Å². The number of hydrogen-bond donors (Lipinski definition) is 0. The maximum atomic E-state index is 13.2. The van der Waals surface area contributed by atoms with E-state index in [1.54, 1.807) is 7.11 Å². The molecule has 1 atom stereocenters. The molecule has 0 aliphatic carbocycles. The molecule has 32 heavy (non-hydrogen) atoms. The number of amides is 1. The minimum atomic E-state index is 0.0715. The zero-order chi connectivity index (χ0) is 22.1. The first-order valence-corrected chi connectivity index (χ1v) is 11.7. The predicted molar refractivity (Wildman–Crippen MR) is 128 cm³/mol. The zero-order valence-electron chi connectivity index (χ0n) is 19.0. The van der Waals surface area contributed by atoms with Gasteiger partial charge in [-0.25, -0.2) is 4.98 Å². The Labute approximate surface area is 189 Å². The number of methoxy groups -OCH3 is 1. The van der Waals surface area contributed by atoms with E-state index in [0.717, 1.165) is 74.3 Å². The van der Waals surface area contributed by atoms with E-state index in [9.17, 15) is 4.79 Å². The first kappa shape index (κ1) is 21.0. The van der Waals surface area contributed by atoms with Crippen molar-refractivity contribution in [2.75, 3.05) is 38.2 Å². The summed E-state index contributed by atoms with van der Waals surface area (Å²) in [6.07, 6.45) is 4.20. The van der Waals surface area contributed by atoms with Crippen molar-refractivity contribution in [3.8, 4) is 11.4 Å². The molecule has 2 fully saturated rings. The van der Waals surface area contributed by atoms with E-state index in [2.05, 4.69) is 57.8 Å². The van der Waals surface area contributed by atoms with Crippen molar-refractivity contribution in [1.82, 2.24) is 14.5 Å². The van der Waals surface area contributed by atoms with Crippen LogP contribution < -0.4 is 4.90 Å². The molecular weight excluding hydrogens is 400 g/mol. The second kappa shape index (κ2) is 8.94. The van der Waals surface area contributed by atoms with Gasteiger partial charge < -0.3 is 19.1 Å². The van der Waals surface area contributed by atoms with Crippen molar-refractivity contribution in [3.05, 3.63) is 48.5 Å². The Hall–Kier alpha value is -2.86. The molecular formula is C26H32N4O2. The van der Waals surface area contributed by atoms with Crippen LogP contribution in [0, 0.1) is 5.92 Å². The van der Waals surface area contributed by atoms with E-state index in [1.807, 2.05) is 12.1 Å². The quantitative estimate of drug-likeness (QED) is 0.623. The van der Waals surface area contributed by atoms with Gasteiger partial charge in [0.1, 0.15) is 5.82 Å². The van der Waals surface area contributed by atoms with E-state index in [4.69, 9.17) is 9.72 Å². The molecule has 3 heterocycles. The van der Waals surface area contributed by atoms with Gasteiger partial charge in [0.15, 0.2) is 0 Å². The third-order valence-electron chi connectivity index (χ3n) is 7.11. The van der Waals surface area contributed by atoms with Crippen molar-refractivity contribution in [2.45, 2.75) is 31.8 Å². The number of nitrogens with zero attached hydrogens (tertiary/aromatic N) is 4. The van der Waals surface area contributed by atoms with E-state index in [1.165, 1.54) is 5.69 Å². The molecule has 5 rings (SSSR count). The summed E-state index contributed by atoms with van der Waals surface area (Å²) in [6, 6.07) is 16.8. The van der Waals surface area contributed by atoms with Crippen LogP contribution in [-0.4, -0.2) is 59.8 Å². The molecule has 3 aromatic rings. The lowest BCUT2D eigenvalue weighted by molar-refractivity contribution is -0.138. The maximum Gasteiger partial charge on any atom is 0.227 e. The lowest BCUT2D eigenvalue weighted by Crippen LogP contribution is -2.48. The minimum Gasteiger partial charge on any atom is -0.381 e. The monoisotopic (exact) mass is 432 g/mol. The van der Waals surface area contributed by atoms with Crippen molar-refractivity contribution >= 4 is 22.6 Å². The number of fused-ring (bicyclic) bond motifs is 1. The van der Waals surface area contributed by atoms with E-state index in [-0.39, 0.29) is 5.92 Å². The van der Waals surface area contributed by atoms with Crippen LogP contribution in [0.3, 0.4) is 0 Å². The molecule has 0 spiro atoms. The lowest BCUT2D eigenvalue weighted by Gasteiger charge is -2.38. The standard InChI is InChI=1S/C26H32N4O2/c1-28-24-11-4-3-10-23(24)27-25(28)19-7-5-9-21(17-19)30-14-6-8-20(18-30)26(31)29-15-12-22(32-2)13-16-29/h3-5,7,9-11,17,20,22H,6,8,12-16,18H2,1-2H3/t20-/m1/s1. The normalized spacial score (nSPS) is 20.1. The molecule has 0 radical (unpaired) electrons. The Morgan fingerprint density at radius 1 is 1.03 bits per heavy atom. The molecule has 2 aliphatic heterocycles. The summed E-state index contributed by atoms with van der Waals surface area (Å²) in [7, 11) is 3.84. The molecule has 1 aromatic heterocycles. The van der Waals surface area contributed by atoms with Gasteiger partial charge in [-0.05, 0) is 49.9 Å². The molecule has 2 aliphatic rings. The summed E-state index contributed by atoms with van der Waals surface area (Å²) in [5.41, 5.74) is 4.42. The van der Waals surface area contributed by atoms with Crippen LogP contribution in [0.4, 0.5) is 5.69 Å². The maximum absolute atomic E-state index is 13.2. The molecule has 1 amide bonds. The van der Waals surface area contributed by atoms with Gasteiger partial charge in [0.05, 0.1) is 23.1 Å². The van der Waals surface area contributed by atoms with Gasteiger partial charge in [0.25, 0.3) is 0 Å². The average molecular weight is 433 g/mol. The second-order valence-corrected chi connectivity index (χ2v) is 9.08. The molecule has 0 unspecified atom stereocenters. The van der Waals surface area contributed by atoms with Crippen molar-refractivity contribution in [1.29, 1.82) is 0 Å². The third kappa shape index (κ3) is 3.99. The van der Waals surface area contributed by atoms with E-state index < -0.39 is 0 Å². The first-order valence-electron chi connectivity index (χ1n) is 11.7. The number of aryl methyl sites for hydroxylation is 1. The Balaban J connectivity index is 1.33. The third-order valence-corrected chi connectivity index (χ3v) is 7.11. The Morgan fingerprint density at radius 2 is 1.84 bits per heavy atom. The summed E-state index contributed by atoms with van der Waals surface area (Å²) in [4.78, 5) is 22.5. The molecule has 0 bridgehead atoms. The number of rotatable bonds is 4. The highest BCUT2D eigenvalue weighted by molar-refractivity contribution is 5.82. The van der Waals surface area contributed by atoms with Gasteiger partial charge in [0.2, 0.25) is 5.91 Å². The van der Waals surface area contributed by atoms with Gasteiger partial charge in [0, 0.05) is 51.6 Å². The van der Waals surface area contributed by atoms with Crippen molar-refractivity contribution in [3.63, 3.8) is 0 Å². The predicted octanol–water partition coefficient (Wildman–Crippen LogP) is 4.09. The van der Waals surface area contributed by atoms with Crippen LogP contribution in [0.15, 0.2) is 48.5 Å². The number of likely N-dealkylation sites (tertiary alicyclic amines) is 1. The largest absolute Gasteiger partial charge is 0.381 e. The summed E-state index contributed by atoms with van der Waals surface area (Å²) in [5.74, 6) is 1.36. The summed E-state index contributed by atoms with van der Waals surface area (Å²) in [5, 5.41) is 0. The number of ether oxygens (including phenoxy) is 1. The highest BCUT2D eigenvalue weighted by atomic mass is 16.5. The van der Waals surface area contributed by atoms with Gasteiger partial charge >= 0.3 is 0 Å².